The molecule has 0 spiro atoms. The molecule has 0 fully saturated rings. The van der Waals surface area contributed by atoms with E-state index in [9.17, 15) is 54.3 Å². The summed E-state index contributed by atoms with van der Waals surface area (Å²) in [6.07, 6.45) is 3.01. The van der Waals surface area contributed by atoms with Crippen molar-refractivity contribution in [1.82, 2.24) is 0 Å². The minimum absolute atomic E-state index is 0.00940. The van der Waals surface area contributed by atoms with Crippen molar-refractivity contribution in [2.45, 2.75) is 60.3 Å². The highest BCUT2D eigenvalue weighted by Gasteiger charge is 2.34. The molecule has 0 radical (unpaired) electrons. The number of nitrogens with zero attached hydrogens (tertiary/aromatic N) is 3. The first-order valence-corrected chi connectivity index (χ1v) is 26.8. The standard InChI is InChI=1S/C18H16O3.C17H15NO3.2C16H13NO3/c1-11-10-14-4-3-5-15(16(14)17(11)19)12-6-8-13(9-7-12)18(20)21-2;1-10-6-7-12(9-15(10)18(20)21)14-5-3-4-13-8-11(2)17(19)16(13)14;1-10-8-12-5-3-7-14(15(12)16(10)18)11-4-2-6-13(9-11)17(19)20;1-10-9-11-5-4-7-13(15(11)16(10)18)12-6-2-3-8-14(12)17(19)20/h3-9,11H,10H2,1-2H3;3-7,9,11H,8H2,1-2H3;2-7,9-10H,8H2,1H3;2-8,10H,9H2,1H3. The lowest BCUT2D eigenvalue weighted by Gasteiger charge is -2.08. The van der Waals surface area contributed by atoms with Gasteiger partial charge in [0.2, 0.25) is 0 Å². The molecule has 15 heteroatoms. The SMILES string of the molecule is CC1Cc2cccc(-c3cccc([N+](=O)[O-])c3)c2C1=O.CC1Cc2cccc(-c3ccccc3[N+](=O)[O-])c2C1=O.COC(=O)c1ccc(-c2cccc3c2C(=O)C(C)C3)cc1.Cc1ccc(-c2cccc3c2C(=O)C(C)C3)cc1[N+](=O)[O-]. The predicted molar refractivity (Wildman–Crippen MR) is 312 cm³/mol. The monoisotopic (exact) mass is 1100 g/mol. The topological polar surface area (TPSA) is 224 Å². The smallest absolute Gasteiger partial charge is 0.337 e. The third kappa shape index (κ3) is 11.3. The summed E-state index contributed by atoms with van der Waals surface area (Å²) in [5, 5.41) is 33.1. The summed E-state index contributed by atoms with van der Waals surface area (Å²) < 4.78 is 4.69. The number of hydrogen-bond donors (Lipinski definition) is 0. The molecule has 0 heterocycles. The minimum Gasteiger partial charge on any atom is -0.465 e. The number of rotatable bonds is 8. The Hall–Kier alpha value is -9.89. The second kappa shape index (κ2) is 23.8. The number of esters is 1. The molecule has 0 N–H and O–H groups in total. The maximum atomic E-state index is 12.3. The van der Waals surface area contributed by atoms with Crippen LogP contribution in [-0.2, 0) is 30.4 Å². The Morgan fingerprint density at radius 3 is 1.23 bits per heavy atom. The second-order valence-electron chi connectivity index (χ2n) is 21.1. The van der Waals surface area contributed by atoms with Crippen LogP contribution in [0.5, 0.6) is 0 Å². The molecule has 12 rings (SSSR count). The third-order valence-electron chi connectivity index (χ3n) is 15.6. The molecular formula is C67H57N3O12. The van der Waals surface area contributed by atoms with Crippen molar-refractivity contribution < 1.29 is 43.5 Å². The van der Waals surface area contributed by atoms with Gasteiger partial charge in [0.25, 0.3) is 17.1 Å². The number of carbonyl (C=O) groups excluding carboxylic acids is 5. The zero-order valence-corrected chi connectivity index (χ0v) is 46.0. The van der Waals surface area contributed by atoms with E-state index in [-0.39, 0.29) is 74.8 Å². The normalized spacial score (nSPS) is 16.9. The number of ether oxygens (including phenoxy) is 1. The van der Waals surface area contributed by atoms with E-state index in [2.05, 4.69) is 0 Å². The molecule has 8 aromatic rings. The highest BCUT2D eigenvalue weighted by Crippen LogP contribution is 2.41. The first kappa shape index (κ1) is 56.8. The van der Waals surface area contributed by atoms with Crippen molar-refractivity contribution in [3.63, 3.8) is 0 Å². The van der Waals surface area contributed by atoms with E-state index in [0.29, 0.717) is 34.2 Å². The number of nitro groups is 3. The lowest BCUT2D eigenvalue weighted by molar-refractivity contribution is -0.385. The zero-order chi connectivity index (χ0) is 58.7. The number of ketones is 4. The summed E-state index contributed by atoms with van der Waals surface area (Å²) in [6.45, 7) is 9.41. The van der Waals surface area contributed by atoms with Crippen LogP contribution < -0.4 is 0 Å². The van der Waals surface area contributed by atoms with Gasteiger partial charge in [0, 0.05) is 75.8 Å². The number of nitro benzene ring substituents is 3. The lowest BCUT2D eigenvalue weighted by atomic mass is 9.95. The Bertz CT molecular complexity index is 3940. The lowest BCUT2D eigenvalue weighted by Crippen LogP contribution is -2.05. The number of Topliss-reactive ketones (excluding diaryl/α,β-unsaturated/α-hetero) is 4. The molecule has 4 aliphatic carbocycles. The van der Waals surface area contributed by atoms with Gasteiger partial charge in [-0.25, -0.2) is 4.79 Å². The van der Waals surface area contributed by atoms with E-state index >= 15 is 0 Å². The fourth-order valence-corrected chi connectivity index (χ4v) is 11.4. The Labute approximate surface area is 473 Å². The number of benzene rings is 8. The molecule has 4 atom stereocenters. The molecule has 0 saturated heterocycles. The maximum absolute atomic E-state index is 12.3. The molecule has 0 saturated carbocycles. The van der Waals surface area contributed by atoms with Gasteiger partial charge >= 0.3 is 5.97 Å². The summed E-state index contributed by atoms with van der Waals surface area (Å²) in [5.41, 5.74) is 14.5. The number of fused-ring (bicyclic) bond motifs is 4. The molecule has 412 valence electrons. The van der Waals surface area contributed by atoms with Crippen LogP contribution >= 0.6 is 0 Å². The Kier molecular flexibility index (Phi) is 16.5. The van der Waals surface area contributed by atoms with E-state index < -0.39 is 9.85 Å². The number of para-hydroxylation sites is 1. The van der Waals surface area contributed by atoms with Crippen molar-refractivity contribution in [3.8, 4) is 44.5 Å². The van der Waals surface area contributed by atoms with Gasteiger partial charge in [-0.15, -0.1) is 0 Å². The molecular weight excluding hydrogens is 1040 g/mol. The molecule has 0 aliphatic heterocycles. The van der Waals surface area contributed by atoms with Gasteiger partial charge in [-0.05, 0) is 112 Å². The second-order valence-corrected chi connectivity index (χ2v) is 21.1. The highest BCUT2D eigenvalue weighted by molar-refractivity contribution is 6.10. The quantitative estimate of drug-likeness (QED) is 0.0787. The van der Waals surface area contributed by atoms with Crippen molar-refractivity contribution in [2.75, 3.05) is 7.11 Å². The van der Waals surface area contributed by atoms with E-state index in [1.807, 2.05) is 113 Å². The summed E-state index contributed by atoms with van der Waals surface area (Å²) in [5.74, 6) is 0.165. The third-order valence-corrected chi connectivity index (χ3v) is 15.6. The van der Waals surface area contributed by atoms with Crippen LogP contribution in [0.15, 0.2) is 164 Å². The van der Waals surface area contributed by atoms with Gasteiger partial charge < -0.3 is 4.74 Å². The first-order valence-electron chi connectivity index (χ1n) is 26.8. The van der Waals surface area contributed by atoms with Gasteiger partial charge in [-0.1, -0.05) is 149 Å². The Morgan fingerprint density at radius 2 is 0.793 bits per heavy atom. The maximum Gasteiger partial charge on any atom is 0.337 e. The largest absolute Gasteiger partial charge is 0.465 e. The number of methoxy groups -OCH3 is 1. The molecule has 15 nitrogen and oxygen atoms in total. The highest BCUT2D eigenvalue weighted by atomic mass is 16.6. The summed E-state index contributed by atoms with van der Waals surface area (Å²) in [4.78, 5) is 92.6. The van der Waals surface area contributed by atoms with E-state index in [0.717, 1.165) is 91.6 Å². The van der Waals surface area contributed by atoms with Crippen molar-refractivity contribution in [1.29, 1.82) is 0 Å². The van der Waals surface area contributed by atoms with Crippen LogP contribution in [0.25, 0.3) is 44.5 Å². The molecule has 0 bridgehead atoms. The average molecular weight is 1100 g/mol. The molecule has 82 heavy (non-hydrogen) atoms. The van der Waals surface area contributed by atoms with E-state index in [1.165, 1.54) is 25.3 Å². The van der Waals surface area contributed by atoms with Gasteiger partial charge in [-0.2, -0.15) is 0 Å². The first-order chi connectivity index (χ1) is 39.3. The molecule has 0 aromatic heterocycles. The van der Waals surface area contributed by atoms with Crippen LogP contribution in [0.3, 0.4) is 0 Å². The van der Waals surface area contributed by atoms with E-state index in [1.54, 1.807) is 67.6 Å². The van der Waals surface area contributed by atoms with Crippen LogP contribution in [0, 0.1) is 60.9 Å². The van der Waals surface area contributed by atoms with Gasteiger partial charge in [0.05, 0.1) is 33.0 Å². The average Bonchev–Trinajstić information content (AvgIpc) is 4.24. The molecule has 8 aromatic carbocycles. The molecule has 4 unspecified atom stereocenters. The van der Waals surface area contributed by atoms with Crippen molar-refractivity contribution in [3.05, 3.63) is 250 Å². The Balaban J connectivity index is 0.000000132. The molecule has 0 amide bonds. The Morgan fingerprint density at radius 1 is 0.415 bits per heavy atom. The fraction of sp³-hybridized carbons (Fsp3) is 0.209. The minimum atomic E-state index is -0.420. The van der Waals surface area contributed by atoms with Gasteiger partial charge in [0.1, 0.15) is 0 Å². The van der Waals surface area contributed by atoms with Crippen molar-refractivity contribution >= 4 is 46.2 Å². The number of aryl methyl sites for hydroxylation is 1. The van der Waals surface area contributed by atoms with Crippen LogP contribution in [0.1, 0.15) is 107 Å². The summed E-state index contributed by atoms with van der Waals surface area (Å²) in [6, 6.07) is 48.3. The van der Waals surface area contributed by atoms with Crippen LogP contribution in [0.4, 0.5) is 17.1 Å². The zero-order valence-electron chi connectivity index (χ0n) is 46.0. The number of non-ortho nitro benzene ring substituents is 1. The number of carbonyl (C=O) groups is 5. The summed E-state index contributed by atoms with van der Waals surface area (Å²) >= 11 is 0. The predicted octanol–water partition coefficient (Wildman–Crippen LogP) is 14.7. The van der Waals surface area contributed by atoms with Gasteiger partial charge in [-0.3, -0.25) is 49.5 Å². The number of hydrogen-bond acceptors (Lipinski definition) is 12. The van der Waals surface area contributed by atoms with Crippen LogP contribution in [-0.4, -0.2) is 51.0 Å². The summed E-state index contributed by atoms with van der Waals surface area (Å²) in [7, 11) is 1.36. The van der Waals surface area contributed by atoms with E-state index in [4.69, 9.17) is 4.74 Å². The van der Waals surface area contributed by atoms with Crippen LogP contribution in [0.2, 0.25) is 0 Å². The van der Waals surface area contributed by atoms with Gasteiger partial charge in [0.15, 0.2) is 23.1 Å². The molecule has 4 aliphatic rings. The fourth-order valence-electron chi connectivity index (χ4n) is 11.4. The van der Waals surface area contributed by atoms with Crippen molar-refractivity contribution in [2.24, 2.45) is 23.7 Å².